The van der Waals surface area contributed by atoms with Crippen LogP contribution in [-0.2, 0) is 11.3 Å². The van der Waals surface area contributed by atoms with Gasteiger partial charge < -0.3 is 15.0 Å². The van der Waals surface area contributed by atoms with Crippen LogP contribution in [0.25, 0.3) is 0 Å². The molecule has 0 radical (unpaired) electrons. The van der Waals surface area contributed by atoms with Crippen LogP contribution in [-0.4, -0.2) is 33.8 Å². The summed E-state index contributed by atoms with van der Waals surface area (Å²) in [7, 11) is 4.09. The average molecular weight is 222 g/mol. The second kappa shape index (κ2) is 7.25. The van der Waals surface area contributed by atoms with Gasteiger partial charge in [0.15, 0.2) is 0 Å². The first-order valence-electron chi connectivity index (χ1n) is 5.78. The Hall–Kier alpha value is -1.06. The molecule has 0 saturated carbocycles. The molecular weight excluding hydrogens is 200 g/mol. The number of hydrogen-bond acceptors (Lipinski definition) is 3. The van der Waals surface area contributed by atoms with Gasteiger partial charge in [0.1, 0.15) is 0 Å². The monoisotopic (exact) mass is 222 g/mol. The summed E-state index contributed by atoms with van der Waals surface area (Å²) in [6, 6.07) is 8.46. The topological polar surface area (TPSA) is 24.5 Å². The van der Waals surface area contributed by atoms with Crippen molar-refractivity contribution in [1.82, 2.24) is 5.32 Å². The maximum absolute atomic E-state index is 5.55. The standard InChI is InChI=1S/C13H22N2O/c1-4-14-9-10-16-11-12-5-7-13(8-6-12)15(2)3/h5-8,14H,4,9-11H2,1-3H3. The average Bonchev–Trinajstić information content (AvgIpc) is 2.29. The van der Waals surface area contributed by atoms with E-state index in [1.165, 1.54) is 11.3 Å². The highest BCUT2D eigenvalue weighted by Crippen LogP contribution is 2.12. The second-order valence-corrected chi connectivity index (χ2v) is 3.97. The minimum Gasteiger partial charge on any atom is -0.378 e. The van der Waals surface area contributed by atoms with E-state index in [1.54, 1.807) is 0 Å². The molecule has 0 aromatic heterocycles. The Morgan fingerprint density at radius 3 is 2.44 bits per heavy atom. The molecular formula is C13H22N2O. The predicted octanol–water partition coefficient (Wildman–Crippen LogP) is 1.88. The molecule has 0 fully saturated rings. The van der Waals surface area contributed by atoms with Crippen molar-refractivity contribution in [3.8, 4) is 0 Å². The van der Waals surface area contributed by atoms with Crippen LogP contribution in [0.4, 0.5) is 5.69 Å². The van der Waals surface area contributed by atoms with Crippen molar-refractivity contribution in [3.63, 3.8) is 0 Å². The van der Waals surface area contributed by atoms with E-state index in [4.69, 9.17) is 4.74 Å². The van der Waals surface area contributed by atoms with Gasteiger partial charge in [-0.15, -0.1) is 0 Å². The van der Waals surface area contributed by atoms with E-state index in [0.29, 0.717) is 6.61 Å². The molecule has 0 aliphatic carbocycles. The fraction of sp³-hybridized carbons (Fsp3) is 0.538. The van der Waals surface area contributed by atoms with Crippen molar-refractivity contribution >= 4 is 5.69 Å². The zero-order chi connectivity index (χ0) is 11.8. The number of nitrogens with zero attached hydrogens (tertiary/aromatic N) is 1. The van der Waals surface area contributed by atoms with Gasteiger partial charge in [0.05, 0.1) is 13.2 Å². The summed E-state index contributed by atoms with van der Waals surface area (Å²) in [6.07, 6.45) is 0. The molecule has 3 nitrogen and oxygen atoms in total. The van der Waals surface area contributed by atoms with Crippen LogP contribution < -0.4 is 10.2 Å². The first kappa shape index (κ1) is 13.0. The predicted molar refractivity (Wildman–Crippen MR) is 69.0 cm³/mol. The SMILES string of the molecule is CCNCCOCc1ccc(N(C)C)cc1. The summed E-state index contributed by atoms with van der Waals surface area (Å²) in [5, 5.41) is 3.23. The summed E-state index contributed by atoms with van der Waals surface area (Å²) < 4.78 is 5.55. The molecule has 90 valence electrons. The summed E-state index contributed by atoms with van der Waals surface area (Å²) in [6.45, 7) is 5.48. The van der Waals surface area contributed by atoms with Gasteiger partial charge in [-0.3, -0.25) is 0 Å². The number of likely N-dealkylation sites (N-methyl/N-ethyl adjacent to an activating group) is 1. The molecule has 1 N–H and O–H groups in total. The van der Waals surface area contributed by atoms with Gasteiger partial charge in [0.2, 0.25) is 0 Å². The summed E-state index contributed by atoms with van der Waals surface area (Å²) in [5.74, 6) is 0. The van der Waals surface area contributed by atoms with Crippen molar-refractivity contribution in [3.05, 3.63) is 29.8 Å². The fourth-order valence-electron chi connectivity index (χ4n) is 1.40. The Bertz CT molecular complexity index is 282. The largest absolute Gasteiger partial charge is 0.378 e. The van der Waals surface area contributed by atoms with Crippen LogP contribution in [0.2, 0.25) is 0 Å². The molecule has 16 heavy (non-hydrogen) atoms. The zero-order valence-corrected chi connectivity index (χ0v) is 10.5. The van der Waals surface area contributed by atoms with Gasteiger partial charge in [0.25, 0.3) is 0 Å². The van der Waals surface area contributed by atoms with Crippen molar-refractivity contribution in [1.29, 1.82) is 0 Å². The van der Waals surface area contributed by atoms with E-state index in [2.05, 4.69) is 41.4 Å². The molecule has 3 heteroatoms. The van der Waals surface area contributed by atoms with Crippen LogP contribution in [0.5, 0.6) is 0 Å². The number of hydrogen-bond donors (Lipinski definition) is 1. The van der Waals surface area contributed by atoms with Crippen LogP contribution in [0.15, 0.2) is 24.3 Å². The van der Waals surface area contributed by atoms with Gasteiger partial charge in [-0.1, -0.05) is 19.1 Å². The number of ether oxygens (including phenoxy) is 1. The molecule has 0 amide bonds. The lowest BCUT2D eigenvalue weighted by Crippen LogP contribution is -2.18. The molecule has 1 aromatic carbocycles. The molecule has 0 unspecified atom stereocenters. The van der Waals surface area contributed by atoms with E-state index in [1.807, 2.05) is 14.1 Å². The molecule has 1 rings (SSSR count). The lowest BCUT2D eigenvalue weighted by molar-refractivity contribution is 0.123. The fourth-order valence-corrected chi connectivity index (χ4v) is 1.40. The van der Waals surface area contributed by atoms with Crippen LogP contribution in [0.1, 0.15) is 12.5 Å². The zero-order valence-electron chi connectivity index (χ0n) is 10.5. The van der Waals surface area contributed by atoms with Gasteiger partial charge in [-0.2, -0.15) is 0 Å². The number of anilines is 1. The second-order valence-electron chi connectivity index (χ2n) is 3.97. The van der Waals surface area contributed by atoms with Crippen molar-refractivity contribution in [2.45, 2.75) is 13.5 Å². The molecule has 0 aliphatic rings. The lowest BCUT2D eigenvalue weighted by atomic mass is 10.2. The Kier molecular flexibility index (Phi) is 5.90. The Morgan fingerprint density at radius 1 is 1.19 bits per heavy atom. The molecule has 1 aromatic rings. The third-order valence-corrected chi connectivity index (χ3v) is 2.39. The number of nitrogens with one attached hydrogen (secondary N) is 1. The first-order valence-corrected chi connectivity index (χ1v) is 5.78. The Morgan fingerprint density at radius 2 is 1.88 bits per heavy atom. The van der Waals surface area contributed by atoms with Gasteiger partial charge >= 0.3 is 0 Å². The summed E-state index contributed by atoms with van der Waals surface area (Å²) in [4.78, 5) is 2.09. The highest BCUT2D eigenvalue weighted by molar-refractivity contribution is 5.45. The van der Waals surface area contributed by atoms with Gasteiger partial charge in [0, 0.05) is 26.3 Å². The molecule has 0 saturated heterocycles. The van der Waals surface area contributed by atoms with Crippen molar-refractivity contribution in [2.24, 2.45) is 0 Å². The third kappa shape index (κ3) is 4.64. The normalized spacial score (nSPS) is 10.4. The maximum atomic E-state index is 5.55. The maximum Gasteiger partial charge on any atom is 0.0717 e. The van der Waals surface area contributed by atoms with E-state index in [9.17, 15) is 0 Å². The van der Waals surface area contributed by atoms with E-state index in [0.717, 1.165) is 19.7 Å². The smallest absolute Gasteiger partial charge is 0.0717 e. The summed E-state index contributed by atoms with van der Waals surface area (Å²) >= 11 is 0. The Balaban J connectivity index is 2.27. The van der Waals surface area contributed by atoms with Crippen molar-refractivity contribution < 1.29 is 4.74 Å². The summed E-state index contributed by atoms with van der Waals surface area (Å²) in [5.41, 5.74) is 2.44. The van der Waals surface area contributed by atoms with Gasteiger partial charge in [-0.05, 0) is 24.2 Å². The van der Waals surface area contributed by atoms with Crippen LogP contribution in [0, 0.1) is 0 Å². The van der Waals surface area contributed by atoms with Crippen LogP contribution >= 0.6 is 0 Å². The Labute approximate surface area is 98.4 Å². The number of benzene rings is 1. The van der Waals surface area contributed by atoms with E-state index in [-0.39, 0.29) is 0 Å². The minimum atomic E-state index is 0.694. The van der Waals surface area contributed by atoms with E-state index < -0.39 is 0 Å². The molecule has 0 aliphatic heterocycles. The highest BCUT2D eigenvalue weighted by Gasteiger charge is 1.96. The third-order valence-electron chi connectivity index (χ3n) is 2.39. The minimum absolute atomic E-state index is 0.694. The highest BCUT2D eigenvalue weighted by atomic mass is 16.5. The van der Waals surface area contributed by atoms with Gasteiger partial charge in [-0.25, -0.2) is 0 Å². The molecule has 0 heterocycles. The number of rotatable bonds is 7. The van der Waals surface area contributed by atoms with E-state index >= 15 is 0 Å². The van der Waals surface area contributed by atoms with Crippen LogP contribution in [0.3, 0.4) is 0 Å². The molecule has 0 spiro atoms. The molecule has 0 atom stereocenters. The first-order chi connectivity index (χ1) is 7.74. The molecule has 0 bridgehead atoms. The van der Waals surface area contributed by atoms with Crippen molar-refractivity contribution in [2.75, 3.05) is 38.7 Å². The lowest BCUT2D eigenvalue weighted by Gasteiger charge is -2.12. The quantitative estimate of drug-likeness (QED) is 0.713.